The Morgan fingerprint density at radius 2 is 2.00 bits per heavy atom. The number of carbonyl (C=O) groups excluding carboxylic acids is 1. The number of carbonyl (C=O) groups is 1. The van der Waals surface area contributed by atoms with E-state index in [1.165, 1.54) is 0 Å². The Balaban J connectivity index is 2.07. The molecule has 4 heteroatoms. The lowest BCUT2D eigenvalue weighted by atomic mass is 9.83. The Morgan fingerprint density at radius 3 is 2.60 bits per heavy atom. The van der Waals surface area contributed by atoms with Crippen molar-refractivity contribution in [3.63, 3.8) is 0 Å². The highest BCUT2D eigenvalue weighted by atomic mass is 79.9. The summed E-state index contributed by atoms with van der Waals surface area (Å²) in [6.45, 7) is 8.02. The van der Waals surface area contributed by atoms with Crippen LogP contribution in [0.5, 0.6) is 0 Å². The summed E-state index contributed by atoms with van der Waals surface area (Å²) in [5.41, 5.74) is 1.24. The second-order valence-electron chi connectivity index (χ2n) is 5.98. The minimum atomic E-state index is -0.417. The van der Waals surface area contributed by atoms with Crippen molar-refractivity contribution in [3.8, 4) is 0 Å². The van der Waals surface area contributed by atoms with Crippen molar-refractivity contribution >= 4 is 21.9 Å². The average Bonchev–Trinajstić information content (AvgIpc) is 2.42. The zero-order chi connectivity index (χ0) is 14.8. The number of ether oxygens (including phenoxy) is 1. The highest BCUT2D eigenvalue weighted by Gasteiger charge is 2.34. The molecule has 1 aromatic carbocycles. The van der Waals surface area contributed by atoms with Gasteiger partial charge in [0.05, 0.1) is 5.56 Å². The molecule has 1 N–H and O–H groups in total. The summed E-state index contributed by atoms with van der Waals surface area (Å²) in [6, 6.07) is 5.56. The zero-order valence-electron chi connectivity index (χ0n) is 12.3. The molecule has 1 aromatic rings. The van der Waals surface area contributed by atoms with Gasteiger partial charge < -0.3 is 10.1 Å². The van der Waals surface area contributed by atoms with Crippen molar-refractivity contribution < 1.29 is 9.53 Å². The Kier molecular flexibility index (Phi) is 4.86. The highest BCUT2D eigenvalue weighted by Crippen LogP contribution is 2.30. The third kappa shape index (κ3) is 3.61. The van der Waals surface area contributed by atoms with Gasteiger partial charge in [-0.15, -0.1) is 0 Å². The first-order valence-corrected chi connectivity index (χ1v) is 7.89. The van der Waals surface area contributed by atoms with Gasteiger partial charge in [0.1, 0.15) is 5.60 Å². The number of esters is 1. The summed E-state index contributed by atoms with van der Waals surface area (Å²) >= 11 is 3.44. The summed E-state index contributed by atoms with van der Waals surface area (Å²) in [4.78, 5) is 12.3. The Labute approximate surface area is 129 Å². The average molecular weight is 340 g/mol. The lowest BCUT2D eigenvalue weighted by Gasteiger charge is -2.36. The van der Waals surface area contributed by atoms with Crippen LogP contribution in [-0.4, -0.2) is 24.7 Å². The van der Waals surface area contributed by atoms with Crippen molar-refractivity contribution in [3.05, 3.63) is 33.8 Å². The Morgan fingerprint density at radius 1 is 1.35 bits per heavy atom. The van der Waals surface area contributed by atoms with Crippen molar-refractivity contribution in [2.75, 3.05) is 13.1 Å². The second kappa shape index (κ2) is 6.27. The van der Waals surface area contributed by atoms with Crippen molar-refractivity contribution in [1.82, 2.24) is 5.32 Å². The van der Waals surface area contributed by atoms with Crippen LogP contribution < -0.4 is 5.32 Å². The predicted molar refractivity (Wildman–Crippen MR) is 84.0 cm³/mol. The molecule has 1 aliphatic heterocycles. The molecule has 2 rings (SSSR count). The van der Waals surface area contributed by atoms with Crippen LogP contribution in [0.2, 0.25) is 0 Å². The molecule has 0 radical (unpaired) electrons. The summed E-state index contributed by atoms with van der Waals surface area (Å²) in [6.07, 6.45) is 2.11. The van der Waals surface area contributed by atoms with Crippen LogP contribution in [0.4, 0.5) is 0 Å². The number of benzene rings is 1. The van der Waals surface area contributed by atoms with Crippen LogP contribution in [0.3, 0.4) is 0 Å². The van der Waals surface area contributed by atoms with E-state index in [-0.39, 0.29) is 5.97 Å². The molecular weight excluding hydrogens is 318 g/mol. The van der Waals surface area contributed by atoms with Crippen molar-refractivity contribution in [1.29, 1.82) is 0 Å². The number of hydrogen-bond donors (Lipinski definition) is 1. The molecule has 0 atom stereocenters. The van der Waals surface area contributed by atoms with Gasteiger partial charge in [-0.1, -0.05) is 15.9 Å². The Bertz CT molecular complexity index is 493. The third-order valence-electron chi connectivity index (χ3n) is 4.07. The fourth-order valence-corrected chi connectivity index (χ4v) is 2.92. The third-order valence-corrected chi connectivity index (χ3v) is 4.96. The van der Waals surface area contributed by atoms with Gasteiger partial charge in [-0.3, -0.25) is 0 Å². The summed E-state index contributed by atoms with van der Waals surface area (Å²) in [5, 5.41) is 3.34. The number of nitrogens with one attached hydrogen (secondary N) is 1. The van der Waals surface area contributed by atoms with E-state index in [9.17, 15) is 4.79 Å². The fraction of sp³-hybridized carbons (Fsp3) is 0.562. The normalized spacial score (nSPS) is 17.0. The molecular formula is C16H22BrNO2. The first-order valence-electron chi connectivity index (χ1n) is 7.10. The van der Waals surface area contributed by atoms with E-state index in [0.717, 1.165) is 36.0 Å². The van der Waals surface area contributed by atoms with Crippen LogP contribution >= 0.6 is 15.9 Å². The largest absolute Gasteiger partial charge is 0.456 e. The minimum Gasteiger partial charge on any atom is -0.456 e. The molecule has 0 bridgehead atoms. The topological polar surface area (TPSA) is 38.3 Å². The smallest absolute Gasteiger partial charge is 0.338 e. The second-order valence-corrected chi connectivity index (χ2v) is 6.84. The first-order chi connectivity index (χ1) is 9.40. The van der Waals surface area contributed by atoms with Crippen LogP contribution in [0.15, 0.2) is 22.7 Å². The van der Waals surface area contributed by atoms with E-state index >= 15 is 0 Å². The van der Waals surface area contributed by atoms with Gasteiger partial charge >= 0.3 is 5.97 Å². The quantitative estimate of drug-likeness (QED) is 0.853. The van der Waals surface area contributed by atoms with Crippen molar-refractivity contribution in [2.45, 2.75) is 39.2 Å². The maximum atomic E-state index is 12.3. The minimum absolute atomic E-state index is 0.232. The summed E-state index contributed by atoms with van der Waals surface area (Å²) in [7, 11) is 0. The molecule has 0 unspecified atom stereocenters. The number of piperidine rings is 1. The molecule has 0 aliphatic carbocycles. The van der Waals surface area contributed by atoms with E-state index in [1.54, 1.807) is 6.07 Å². The summed E-state index contributed by atoms with van der Waals surface area (Å²) < 4.78 is 6.78. The molecule has 1 heterocycles. The van der Waals surface area contributed by atoms with Gasteiger partial charge in [0, 0.05) is 10.4 Å². The van der Waals surface area contributed by atoms with Crippen LogP contribution in [0.25, 0.3) is 0 Å². The number of hydrogen-bond acceptors (Lipinski definition) is 3. The van der Waals surface area contributed by atoms with Gasteiger partial charge in [-0.05, 0) is 70.5 Å². The van der Waals surface area contributed by atoms with Gasteiger partial charge in [0.25, 0.3) is 0 Å². The molecule has 110 valence electrons. The van der Waals surface area contributed by atoms with E-state index < -0.39 is 5.60 Å². The van der Waals surface area contributed by atoms with E-state index in [1.807, 2.05) is 32.9 Å². The molecule has 1 saturated heterocycles. The number of rotatable bonds is 3. The predicted octanol–water partition coefficient (Wildman–Crippen LogP) is 3.69. The monoisotopic (exact) mass is 339 g/mol. The standard InChI is InChI=1S/C16H22BrNO2/c1-11-10-12(4-5-14(11)17)15(19)20-16(2,3)13-6-8-18-9-7-13/h4-5,10,13,18H,6-9H2,1-3H3. The molecule has 0 saturated carbocycles. The molecule has 0 amide bonds. The van der Waals surface area contributed by atoms with E-state index in [4.69, 9.17) is 4.74 Å². The van der Waals surface area contributed by atoms with E-state index in [2.05, 4.69) is 21.2 Å². The van der Waals surface area contributed by atoms with Gasteiger partial charge in [-0.25, -0.2) is 4.79 Å². The highest BCUT2D eigenvalue weighted by molar-refractivity contribution is 9.10. The van der Waals surface area contributed by atoms with Gasteiger partial charge in [-0.2, -0.15) is 0 Å². The van der Waals surface area contributed by atoms with Crippen LogP contribution in [0.1, 0.15) is 42.6 Å². The SMILES string of the molecule is Cc1cc(C(=O)OC(C)(C)C2CCNCC2)ccc1Br. The first kappa shape index (κ1) is 15.5. The van der Waals surface area contributed by atoms with Crippen LogP contribution in [-0.2, 0) is 4.74 Å². The van der Waals surface area contributed by atoms with E-state index in [0.29, 0.717) is 11.5 Å². The zero-order valence-corrected chi connectivity index (χ0v) is 13.9. The molecule has 3 nitrogen and oxygen atoms in total. The van der Waals surface area contributed by atoms with Crippen molar-refractivity contribution in [2.24, 2.45) is 5.92 Å². The lowest BCUT2D eigenvalue weighted by molar-refractivity contribution is -0.0368. The molecule has 0 spiro atoms. The molecule has 1 aliphatic rings. The molecule has 1 fully saturated rings. The summed E-state index contributed by atoms with van der Waals surface area (Å²) in [5.74, 6) is 0.188. The van der Waals surface area contributed by atoms with Gasteiger partial charge in [0.15, 0.2) is 0 Å². The van der Waals surface area contributed by atoms with Crippen LogP contribution in [0, 0.1) is 12.8 Å². The number of aryl methyl sites for hydroxylation is 1. The Hall–Kier alpha value is -0.870. The maximum absolute atomic E-state index is 12.3. The van der Waals surface area contributed by atoms with Gasteiger partial charge in [0.2, 0.25) is 0 Å². The molecule has 20 heavy (non-hydrogen) atoms. The lowest BCUT2D eigenvalue weighted by Crippen LogP contribution is -2.42. The molecule has 0 aromatic heterocycles. The number of halogens is 1. The fourth-order valence-electron chi connectivity index (χ4n) is 2.67. The maximum Gasteiger partial charge on any atom is 0.338 e.